The lowest BCUT2D eigenvalue weighted by molar-refractivity contribution is -0.206. The summed E-state index contributed by atoms with van der Waals surface area (Å²) >= 11 is 12.2. The summed E-state index contributed by atoms with van der Waals surface area (Å²) in [7, 11) is 0.546. The highest BCUT2D eigenvalue weighted by Gasteiger charge is 2.06. The maximum Gasteiger partial charge on any atom is 0.120 e. The third-order valence-electron chi connectivity index (χ3n) is 2.94. The van der Waals surface area contributed by atoms with Crippen molar-refractivity contribution in [3.63, 3.8) is 0 Å². The van der Waals surface area contributed by atoms with E-state index in [9.17, 15) is 5.11 Å². The summed E-state index contributed by atoms with van der Waals surface area (Å²) < 4.78 is 5.65. The van der Waals surface area contributed by atoms with Gasteiger partial charge in [-0.05, 0) is 56.7 Å². The fourth-order valence-electron chi connectivity index (χ4n) is 1.97. The standard InChI is InChI=1S/C17H17Cl2O2P/c1-10(2)21-12-7-8-15(11(3)9-12)22-17(20)16-13(18)5-4-6-14(16)19/h4-10,20H,1-3H3/p-1. The molecule has 22 heavy (non-hydrogen) atoms. The molecule has 5 heteroatoms. The molecule has 116 valence electrons. The maximum absolute atomic E-state index is 12.5. The molecule has 0 amide bonds. The van der Waals surface area contributed by atoms with Crippen molar-refractivity contribution in [2.24, 2.45) is 0 Å². The van der Waals surface area contributed by atoms with Crippen LogP contribution in [-0.4, -0.2) is 11.6 Å². The van der Waals surface area contributed by atoms with E-state index in [0.29, 0.717) is 23.8 Å². The van der Waals surface area contributed by atoms with Crippen LogP contribution in [0.5, 0.6) is 5.75 Å². The van der Waals surface area contributed by atoms with Crippen molar-refractivity contribution in [2.75, 3.05) is 0 Å². The maximum atomic E-state index is 12.5. The number of halogens is 2. The van der Waals surface area contributed by atoms with Crippen LogP contribution in [0.2, 0.25) is 10.0 Å². The third-order valence-corrected chi connectivity index (χ3v) is 4.74. The molecule has 0 N–H and O–H groups in total. The summed E-state index contributed by atoms with van der Waals surface area (Å²) in [5.41, 5.74) is 1.25. The molecule has 0 saturated carbocycles. The minimum absolute atomic E-state index is 0.115. The van der Waals surface area contributed by atoms with Gasteiger partial charge in [0.25, 0.3) is 0 Å². The van der Waals surface area contributed by atoms with Crippen LogP contribution in [0.15, 0.2) is 36.4 Å². The Morgan fingerprint density at radius 2 is 1.77 bits per heavy atom. The van der Waals surface area contributed by atoms with Crippen LogP contribution in [0, 0.1) is 6.92 Å². The molecule has 2 rings (SSSR count). The summed E-state index contributed by atoms with van der Waals surface area (Å²) in [4.78, 5) is 0. The SMILES string of the molecule is Cc1cc(OC(C)C)ccc1P=C([O-])c1c(Cl)cccc1Cl. The van der Waals surface area contributed by atoms with Gasteiger partial charge >= 0.3 is 0 Å². The van der Waals surface area contributed by atoms with Crippen molar-refractivity contribution >= 4 is 42.2 Å². The number of hydrogen-bond acceptors (Lipinski definition) is 2. The van der Waals surface area contributed by atoms with Crippen LogP contribution in [0.4, 0.5) is 0 Å². The molecule has 0 unspecified atom stereocenters. The Bertz CT molecular complexity index is 692. The summed E-state index contributed by atoms with van der Waals surface area (Å²) in [5, 5.41) is 14.1. The Morgan fingerprint density at radius 1 is 1.14 bits per heavy atom. The number of aryl methyl sites for hydroxylation is 1. The van der Waals surface area contributed by atoms with Crippen molar-refractivity contribution in [3.05, 3.63) is 57.6 Å². The van der Waals surface area contributed by atoms with E-state index in [1.54, 1.807) is 18.2 Å². The summed E-state index contributed by atoms with van der Waals surface area (Å²) in [5.74, 6) is 0.801. The van der Waals surface area contributed by atoms with E-state index in [0.717, 1.165) is 16.6 Å². The molecule has 0 fully saturated rings. The van der Waals surface area contributed by atoms with Crippen LogP contribution < -0.4 is 15.1 Å². The van der Waals surface area contributed by atoms with Gasteiger partial charge in [-0.2, -0.15) is 0 Å². The lowest BCUT2D eigenvalue weighted by Crippen LogP contribution is -2.19. The lowest BCUT2D eigenvalue weighted by atomic mass is 10.2. The topological polar surface area (TPSA) is 32.3 Å². The number of hydrogen-bond donors (Lipinski definition) is 0. The largest absolute Gasteiger partial charge is 0.823 e. The van der Waals surface area contributed by atoms with Crippen LogP contribution in [-0.2, 0) is 0 Å². The second-order valence-electron chi connectivity index (χ2n) is 5.13. The zero-order valence-corrected chi connectivity index (χ0v) is 15.0. The molecule has 0 aliphatic rings. The van der Waals surface area contributed by atoms with Crippen LogP contribution in [0.3, 0.4) is 0 Å². The monoisotopic (exact) mass is 353 g/mol. The number of rotatable bonds is 4. The molecule has 0 atom stereocenters. The average molecular weight is 354 g/mol. The molecule has 0 aliphatic carbocycles. The van der Waals surface area contributed by atoms with Crippen molar-refractivity contribution in [3.8, 4) is 5.75 Å². The fourth-order valence-corrected chi connectivity index (χ4v) is 3.63. The van der Waals surface area contributed by atoms with Crippen molar-refractivity contribution in [2.45, 2.75) is 26.9 Å². The zero-order chi connectivity index (χ0) is 16.3. The Balaban J connectivity index is 2.36. The molecule has 2 nitrogen and oxygen atoms in total. The minimum Gasteiger partial charge on any atom is -0.823 e. The first-order valence-corrected chi connectivity index (χ1v) is 8.51. The molecular formula is C17H16Cl2O2P-. The average Bonchev–Trinajstić information content (AvgIpc) is 2.41. The van der Waals surface area contributed by atoms with Gasteiger partial charge in [0.2, 0.25) is 0 Å². The van der Waals surface area contributed by atoms with E-state index in [2.05, 4.69) is 0 Å². The molecular weight excluding hydrogens is 338 g/mol. The predicted molar refractivity (Wildman–Crippen MR) is 94.1 cm³/mol. The first kappa shape index (κ1) is 17.3. The lowest BCUT2D eigenvalue weighted by Gasteiger charge is -2.16. The van der Waals surface area contributed by atoms with Gasteiger partial charge in [0.15, 0.2) is 0 Å². The van der Waals surface area contributed by atoms with E-state index in [4.69, 9.17) is 27.9 Å². The van der Waals surface area contributed by atoms with Crippen molar-refractivity contribution < 1.29 is 9.84 Å². The van der Waals surface area contributed by atoms with Gasteiger partial charge in [-0.25, -0.2) is 0 Å². The third kappa shape index (κ3) is 4.24. The Morgan fingerprint density at radius 3 is 2.32 bits per heavy atom. The molecule has 2 aromatic carbocycles. The predicted octanol–water partition coefficient (Wildman–Crippen LogP) is 4.20. The van der Waals surface area contributed by atoms with Crippen molar-refractivity contribution in [1.82, 2.24) is 0 Å². The highest BCUT2D eigenvalue weighted by Crippen LogP contribution is 2.26. The molecule has 2 aromatic rings. The molecule has 0 radical (unpaired) electrons. The van der Waals surface area contributed by atoms with Gasteiger partial charge in [-0.3, -0.25) is 0 Å². The van der Waals surface area contributed by atoms with Gasteiger partial charge < -0.3 is 9.84 Å². The molecule has 0 bridgehead atoms. The highest BCUT2D eigenvalue weighted by molar-refractivity contribution is 7.49. The minimum atomic E-state index is -0.115. The molecule has 0 heterocycles. The molecule has 0 aliphatic heterocycles. The Kier molecular flexibility index (Phi) is 5.88. The van der Waals surface area contributed by atoms with Crippen LogP contribution >= 0.6 is 31.4 Å². The van der Waals surface area contributed by atoms with E-state index in [-0.39, 0.29) is 11.6 Å². The summed E-state index contributed by atoms with van der Waals surface area (Å²) in [6.45, 7) is 5.91. The Labute approximate surface area is 142 Å². The van der Waals surface area contributed by atoms with Crippen LogP contribution in [0.25, 0.3) is 0 Å². The second kappa shape index (κ2) is 7.48. The van der Waals surface area contributed by atoms with Gasteiger partial charge in [-0.15, -0.1) is 5.48 Å². The van der Waals surface area contributed by atoms with Gasteiger partial charge in [0.1, 0.15) is 5.75 Å². The zero-order valence-electron chi connectivity index (χ0n) is 12.6. The van der Waals surface area contributed by atoms with Gasteiger partial charge in [-0.1, -0.05) is 37.5 Å². The van der Waals surface area contributed by atoms with E-state index < -0.39 is 0 Å². The van der Waals surface area contributed by atoms with Crippen LogP contribution in [0.1, 0.15) is 25.0 Å². The Hall–Kier alpha value is -1.05. The normalized spacial score (nSPS) is 11.9. The number of benzene rings is 2. The van der Waals surface area contributed by atoms with E-state index in [1.807, 2.05) is 39.0 Å². The van der Waals surface area contributed by atoms with Gasteiger partial charge in [0, 0.05) is 20.9 Å². The summed E-state index contributed by atoms with van der Waals surface area (Å²) in [6, 6.07) is 10.8. The number of ether oxygens (including phenoxy) is 1. The summed E-state index contributed by atoms with van der Waals surface area (Å²) in [6.07, 6.45) is 0.117. The van der Waals surface area contributed by atoms with Crippen molar-refractivity contribution in [1.29, 1.82) is 0 Å². The molecule has 0 spiro atoms. The fraction of sp³-hybridized carbons (Fsp3) is 0.235. The van der Waals surface area contributed by atoms with E-state index >= 15 is 0 Å². The first-order valence-electron chi connectivity index (χ1n) is 6.86. The van der Waals surface area contributed by atoms with Gasteiger partial charge in [0.05, 0.1) is 6.10 Å². The highest BCUT2D eigenvalue weighted by atomic mass is 35.5. The quantitative estimate of drug-likeness (QED) is 0.771. The first-order chi connectivity index (χ1) is 10.4. The second-order valence-corrected chi connectivity index (χ2v) is 7.05. The van der Waals surface area contributed by atoms with E-state index in [1.165, 1.54) is 0 Å². The smallest absolute Gasteiger partial charge is 0.120 e. The molecule has 0 saturated heterocycles. The molecule has 0 aromatic heterocycles.